The van der Waals surface area contributed by atoms with Crippen LogP contribution in [-0.4, -0.2) is 36.7 Å². The van der Waals surface area contributed by atoms with Crippen LogP contribution >= 0.6 is 0 Å². The number of rotatable bonds is 7. The lowest BCUT2D eigenvalue weighted by atomic mass is 10.2. The van der Waals surface area contributed by atoms with Crippen molar-refractivity contribution in [2.75, 3.05) is 19.5 Å². The highest BCUT2D eigenvalue weighted by molar-refractivity contribution is 6.06. The van der Waals surface area contributed by atoms with E-state index in [9.17, 15) is 9.59 Å². The fraction of sp³-hybridized carbons (Fsp3) is 0.222. The lowest BCUT2D eigenvalue weighted by molar-refractivity contribution is -0.115. The minimum atomic E-state index is -0.419. The summed E-state index contributed by atoms with van der Waals surface area (Å²) in [6.07, 6.45) is 3.20. The number of ether oxygens (including phenoxy) is 2. The van der Waals surface area contributed by atoms with E-state index in [0.29, 0.717) is 28.5 Å². The molecule has 2 rings (SSSR count). The Morgan fingerprint density at radius 2 is 1.92 bits per heavy atom. The highest BCUT2D eigenvalue weighted by Gasteiger charge is 2.11. The van der Waals surface area contributed by atoms with E-state index < -0.39 is 5.91 Å². The van der Waals surface area contributed by atoms with Gasteiger partial charge in [-0.1, -0.05) is 0 Å². The molecule has 0 bridgehead atoms. The molecule has 8 nitrogen and oxygen atoms in total. The average Bonchev–Trinajstić information content (AvgIpc) is 2.66. The van der Waals surface area contributed by atoms with E-state index in [-0.39, 0.29) is 12.3 Å². The molecular weight excluding hydrogens is 336 g/mol. The van der Waals surface area contributed by atoms with Crippen molar-refractivity contribution in [3.8, 4) is 11.5 Å². The number of hydrazone groups is 1. The summed E-state index contributed by atoms with van der Waals surface area (Å²) in [4.78, 5) is 28.0. The summed E-state index contributed by atoms with van der Waals surface area (Å²) in [5.74, 6) is 0.296. The fourth-order valence-electron chi connectivity index (χ4n) is 2.10. The van der Waals surface area contributed by atoms with E-state index in [1.54, 1.807) is 49.6 Å². The number of benzene rings is 1. The highest BCUT2D eigenvalue weighted by Crippen LogP contribution is 2.27. The molecule has 8 heteroatoms. The molecule has 1 heterocycles. The van der Waals surface area contributed by atoms with Gasteiger partial charge in [-0.05, 0) is 37.3 Å². The standard InChI is InChI=1S/C18H20N4O4/c1-12(9-17(23)20-14-5-4-8-19-11-14)21-22-18(24)13-6-7-15(25-2)16(10-13)26-3/h4-8,10-11H,9H2,1-3H3,(H,20,23)(H,22,24). The summed E-state index contributed by atoms with van der Waals surface area (Å²) in [6.45, 7) is 1.65. The Labute approximate surface area is 151 Å². The molecule has 0 atom stereocenters. The van der Waals surface area contributed by atoms with Crippen LogP contribution in [0.1, 0.15) is 23.7 Å². The zero-order chi connectivity index (χ0) is 18.9. The third-order valence-corrected chi connectivity index (χ3v) is 3.36. The van der Waals surface area contributed by atoms with Crippen LogP contribution in [0, 0.1) is 0 Å². The molecule has 26 heavy (non-hydrogen) atoms. The van der Waals surface area contributed by atoms with Gasteiger partial charge in [0.15, 0.2) is 11.5 Å². The second kappa shape index (κ2) is 9.16. The van der Waals surface area contributed by atoms with Crippen LogP contribution in [0.2, 0.25) is 0 Å². The molecule has 2 N–H and O–H groups in total. The minimum Gasteiger partial charge on any atom is -0.493 e. The van der Waals surface area contributed by atoms with Gasteiger partial charge < -0.3 is 14.8 Å². The zero-order valence-electron chi connectivity index (χ0n) is 14.8. The smallest absolute Gasteiger partial charge is 0.271 e. The number of aromatic nitrogens is 1. The summed E-state index contributed by atoms with van der Waals surface area (Å²) < 4.78 is 10.3. The Hall–Kier alpha value is -3.42. The van der Waals surface area contributed by atoms with Gasteiger partial charge in [0.25, 0.3) is 5.91 Å². The number of nitrogens with zero attached hydrogens (tertiary/aromatic N) is 2. The summed E-state index contributed by atoms with van der Waals surface area (Å²) >= 11 is 0. The van der Waals surface area contributed by atoms with Gasteiger partial charge in [-0.25, -0.2) is 5.43 Å². The number of pyridine rings is 1. The van der Waals surface area contributed by atoms with Gasteiger partial charge in [0.05, 0.1) is 32.5 Å². The van der Waals surface area contributed by atoms with E-state index in [1.165, 1.54) is 14.2 Å². The van der Waals surface area contributed by atoms with Crippen molar-refractivity contribution in [1.29, 1.82) is 0 Å². The molecule has 2 aromatic rings. The molecule has 0 radical (unpaired) electrons. The van der Waals surface area contributed by atoms with Crippen LogP contribution in [0.5, 0.6) is 11.5 Å². The van der Waals surface area contributed by atoms with E-state index >= 15 is 0 Å². The summed E-state index contributed by atoms with van der Waals surface area (Å²) in [7, 11) is 3.00. The van der Waals surface area contributed by atoms with E-state index in [4.69, 9.17) is 9.47 Å². The Kier molecular flexibility index (Phi) is 6.67. The molecule has 0 aliphatic rings. The number of carbonyl (C=O) groups excluding carboxylic acids is 2. The number of hydrogen-bond donors (Lipinski definition) is 2. The fourth-order valence-corrected chi connectivity index (χ4v) is 2.10. The first-order chi connectivity index (χ1) is 12.5. The van der Waals surface area contributed by atoms with Crippen LogP contribution in [-0.2, 0) is 4.79 Å². The van der Waals surface area contributed by atoms with Crippen molar-refractivity contribution in [1.82, 2.24) is 10.4 Å². The normalized spacial score (nSPS) is 10.8. The largest absolute Gasteiger partial charge is 0.493 e. The van der Waals surface area contributed by atoms with Gasteiger partial charge in [-0.3, -0.25) is 14.6 Å². The number of carbonyl (C=O) groups is 2. The third kappa shape index (κ3) is 5.30. The van der Waals surface area contributed by atoms with Crippen molar-refractivity contribution in [3.05, 3.63) is 48.3 Å². The molecule has 0 saturated heterocycles. The minimum absolute atomic E-state index is 0.0428. The predicted octanol–water partition coefficient (Wildman–Crippen LogP) is 2.23. The zero-order valence-corrected chi connectivity index (χ0v) is 14.8. The summed E-state index contributed by atoms with van der Waals surface area (Å²) in [5.41, 5.74) is 3.83. The molecule has 2 amide bonds. The number of amides is 2. The molecule has 1 aromatic carbocycles. The maximum atomic E-state index is 12.2. The first kappa shape index (κ1) is 18.9. The molecule has 0 saturated carbocycles. The molecule has 1 aromatic heterocycles. The lowest BCUT2D eigenvalue weighted by Crippen LogP contribution is -2.21. The molecular formula is C18H20N4O4. The van der Waals surface area contributed by atoms with Crippen LogP contribution < -0.4 is 20.2 Å². The van der Waals surface area contributed by atoms with Crippen LogP contribution in [0.15, 0.2) is 47.8 Å². The first-order valence-corrected chi connectivity index (χ1v) is 7.79. The number of anilines is 1. The highest BCUT2D eigenvalue weighted by atomic mass is 16.5. The number of nitrogens with one attached hydrogen (secondary N) is 2. The summed E-state index contributed by atoms with van der Waals surface area (Å²) in [6, 6.07) is 8.23. The van der Waals surface area contributed by atoms with Crippen LogP contribution in [0.3, 0.4) is 0 Å². The van der Waals surface area contributed by atoms with Crippen LogP contribution in [0.25, 0.3) is 0 Å². The van der Waals surface area contributed by atoms with Crippen molar-refractivity contribution in [2.45, 2.75) is 13.3 Å². The van der Waals surface area contributed by atoms with Crippen molar-refractivity contribution >= 4 is 23.2 Å². The van der Waals surface area contributed by atoms with E-state index in [0.717, 1.165) is 0 Å². The van der Waals surface area contributed by atoms with Crippen molar-refractivity contribution in [3.63, 3.8) is 0 Å². The molecule has 0 aliphatic carbocycles. The first-order valence-electron chi connectivity index (χ1n) is 7.79. The van der Waals surface area contributed by atoms with Crippen LogP contribution in [0.4, 0.5) is 5.69 Å². The second-order valence-electron chi connectivity index (χ2n) is 5.32. The Morgan fingerprint density at radius 3 is 2.58 bits per heavy atom. The molecule has 0 aliphatic heterocycles. The van der Waals surface area contributed by atoms with Gasteiger partial charge in [0.2, 0.25) is 5.91 Å². The van der Waals surface area contributed by atoms with Crippen molar-refractivity contribution in [2.24, 2.45) is 5.10 Å². The molecule has 136 valence electrons. The molecule has 0 fully saturated rings. The Balaban J connectivity index is 1.93. The summed E-state index contributed by atoms with van der Waals surface area (Å²) in [5, 5.41) is 6.64. The maximum Gasteiger partial charge on any atom is 0.271 e. The SMILES string of the molecule is COc1ccc(C(=O)NN=C(C)CC(=O)Nc2cccnc2)cc1OC. The third-order valence-electron chi connectivity index (χ3n) is 3.36. The van der Waals surface area contributed by atoms with Gasteiger partial charge in [0.1, 0.15) is 0 Å². The monoisotopic (exact) mass is 356 g/mol. The number of methoxy groups -OCH3 is 2. The van der Waals surface area contributed by atoms with Gasteiger partial charge in [-0.2, -0.15) is 5.10 Å². The average molecular weight is 356 g/mol. The number of hydrogen-bond acceptors (Lipinski definition) is 6. The Bertz CT molecular complexity index is 806. The quantitative estimate of drug-likeness (QED) is 0.585. The second-order valence-corrected chi connectivity index (χ2v) is 5.32. The van der Waals surface area contributed by atoms with Gasteiger partial charge in [-0.15, -0.1) is 0 Å². The molecule has 0 unspecified atom stereocenters. The van der Waals surface area contributed by atoms with Crippen molar-refractivity contribution < 1.29 is 19.1 Å². The van der Waals surface area contributed by atoms with E-state index in [2.05, 4.69) is 20.8 Å². The Morgan fingerprint density at radius 1 is 1.15 bits per heavy atom. The topological polar surface area (TPSA) is 102 Å². The maximum absolute atomic E-state index is 12.2. The molecule has 0 spiro atoms. The predicted molar refractivity (Wildman–Crippen MR) is 97.6 cm³/mol. The van der Waals surface area contributed by atoms with Gasteiger partial charge in [0, 0.05) is 17.5 Å². The van der Waals surface area contributed by atoms with E-state index in [1.807, 2.05) is 0 Å². The lowest BCUT2D eigenvalue weighted by Gasteiger charge is -2.09. The van der Waals surface area contributed by atoms with Gasteiger partial charge >= 0.3 is 0 Å².